The number of hydrogen-bond donors (Lipinski definition) is 2. The number of aromatic nitrogens is 2. The number of aliphatic hydroxyl groups is 1. The summed E-state index contributed by atoms with van der Waals surface area (Å²) >= 11 is 0. The van der Waals surface area contributed by atoms with Crippen molar-refractivity contribution in [3.63, 3.8) is 0 Å². The van der Waals surface area contributed by atoms with Crippen molar-refractivity contribution in [3.8, 4) is 0 Å². The molecule has 0 spiro atoms. The van der Waals surface area contributed by atoms with E-state index >= 15 is 0 Å². The van der Waals surface area contributed by atoms with Crippen LogP contribution in [0.4, 0.5) is 0 Å². The molecule has 20 heavy (non-hydrogen) atoms. The number of rotatable bonds is 7. The molecular weight excluding hydrogens is 254 g/mol. The molecule has 0 aliphatic carbocycles. The van der Waals surface area contributed by atoms with Gasteiger partial charge in [-0.05, 0) is 32.1 Å². The summed E-state index contributed by atoms with van der Waals surface area (Å²) in [5.41, 5.74) is 1.50. The van der Waals surface area contributed by atoms with Gasteiger partial charge in [-0.15, -0.1) is 0 Å². The molecule has 0 fully saturated rings. The van der Waals surface area contributed by atoms with Gasteiger partial charge in [0.1, 0.15) is 0 Å². The molecule has 1 aromatic rings. The van der Waals surface area contributed by atoms with Crippen LogP contribution in [-0.4, -0.2) is 33.4 Å². The smallest absolute Gasteiger partial charge is 0.254 e. The summed E-state index contributed by atoms with van der Waals surface area (Å²) in [4.78, 5) is 12.3. The maximum absolute atomic E-state index is 12.3. The van der Waals surface area contributed by atoms with Gasteiger partial charge in [0.15, 0.2) is 0 Å². The third kappa shape index (κ3) is 4.63. The molecule has 2 N–H and O–H groups in total. The van der Waals surface area contributed by atoms with Crippen LogP contribution in [0, 0.1) is 5.92 Å². The number of aryl methyl sites for hydroxylation is 1. The Morgan fingerprint density at radius 3 is 2.55 bits per heavy atom. The van der Waals surface area contributed by atoms with E-state index in [0.29, 0.717) is 18.5 Å². The SMILES string of the molecule is CCn1cc(C(=O)NCC(C)CC(C)O)c(C(C)C)n1. The second-order valence-corrected chi connectivity index (χ2v) is 5.84. The van der Waals surface area contributed by atoms with Gasteiger partial charge < -0.3 is 10.4 Å². The highest BCUT2D eigenvalue weighted by Gasteiger charge is 2.19. The molecule has 5 heteroatoms. The molecule has 1 amide bonds. The monoisotopic (exact) mass is 281 g/mol. The highest BCUT2D eigenvalue weighted by molar-refractivity contribution is 5.95. The first-order valence-corrected chi connectivity index (χ1v) is 7.38. The number of carbonyl (C=O) groups is 1. The number of hydrogen-bond acceptors (Lipinski definition) is 3. The van der Waals surface area contributed by atoms with Crippen LogP contribution in [0.1, 0.15) is 63.0 Å². The molecule has 0 radical (unpaired) electrons. The van der Waals surface area contributed by atoms with E-state index in [1.165, 1.54) is 0 Å². The van der Waals surface area contributed by atoms with Crippen LogP contribution in [0.15, 0.2) is 6.20 Å². The first-order chi connectivity index (χ1) is 9.35. The van der Waals surface area contributed by atoms with Crippen LogP contribution in [0.5, 0.6) is 0 Å². The van der Waals surface area contributed by atoms with Gasteiger partial charge in [-0.25, -0.2) is 0 Å². The van der Waals surface area contributed by atoms with Crippen LogP contribution in [0.2, 0.25) is 0 Å². The van der Waals surface area contributed by atoms with E-state index in [1.807, 2.05) is 33.9 Å². The summed E-state index contributed by atoms with van der Waals surface area (Å²) in [6, 6.07) is 0. The van der Waals surface area contributed by atoms with Crippen LogP contribution >= 0.6 is 0 Å². The average Bonchev–Trinajstić information content (AvgIpc) is 2.79. The van der Waals surface area contributed by atoms with Gasteiger partial charge >= 0.3 is 0 Å². The summed E-state index contributed by atoms with van der Waals surface area (Å²) in [7, 11) is 0. The van der Waals surface area contributed by atoms with Crippen LogP contribution in [0.3, 0.4) is 0 Å². The zero-order valence-corrected chi connectivity index (χ0v) is 13.2. The zero-order valence-electron chi connectivity index (χ0n) is 13.2. The van der Waals surface area contributed by atoms with Crippen molar-refractivity contribution in [1.82, 2.24) is 15.1 Å². The molecule has 1 aromatic heterocycles. The summed E-state index contributed by atoms with van der Waals surface area (Å²) in [6.45, 7) is 11.2. The predicted molar refractivity (Wildman–Crippen MR) is 79.8 cm³/mol. The van der Waals surface area contributed by atoms with Gasteiger partial charge in [0.25, 0.3) is 5.91 Å². The lowest BCUT2D eigenvalue weighted by atomic mass is 10.0. The largest absolute Gasteiger partial charge is 0.393 e. The van der Waals surface area contributed by atoms with Crippen molar-refractivity contribution >= 4 is 5.91 Å². The van der Waals surface area contributed by atoms with Gasteiger partial charge in [-0.1, -0.05) is 20.8 Å². The molecule has 114 valence electrons. The number of amides is 1. The van der Waals surface area contributed by atoms with Crippen molar-refractivity contribution in [1.29, 1.82) is 0 Å². The maximum atomic E-state index is 12.3. The molecule has 0 saturated heterocycles. The highest BCUT2D eigenvalue weighted by atomic mass is 16.3. The average molecular weight is 281 g/mol. The summed E-state index contributed by atoms with van der Waals surface area (Å²) < 4.78 is 1.80. The van der Waals surface area contributed by atoms with Gasteiger partial charge in [0.2, 0.25) is 0 Å². The molecule has 0 aromatic carbocycles. The van der Waals surface area contributed by atoms with Gasteiger partial charge in [-0.2, -0.15) is 5.10 Å². The molecular formula is C15H27N3O2. The van der Waals surface area contributed by atoms with Gasteiger partial charge in [0.05, 0.1) is 17.4 Å². The number of nitrogens with zero attached hydrogens (tertiary/aromatic N) is 2. The van der Waals surface area contributed by atoms with E-state index in [2.05, 4.69) is 10.4 Å². The van der Waals surface area contributed by atoms with Crippen LogP contribution in [-0.2, 0) is 6.54 Å². The molecule has 1 rings (SSSR count). The Bertz CT molecular complexity index is 438. The molecule has 2 atom stereocenters. The van der Waals surface area contributed by atoms with E-state index in [9.17, 15) is 9.90 Å². The predicted octanol–water partition coefficient (Wildman–Crippen LogP) is 2.16. The quantitative estimate of drug-likeness (QED) is 0.805. The van der Waals surface area contributed by atoms with Crippen molar-refractivity contribution in [2.24, 2.45) is 5.92 Å². The topological polar surface area (TPSA) is 67.2 Å². The van der Waals surface area contributed by atoms with E-state index in [-0.39, 0.29) is 23.8 Å². The Hall–Kier alpha value is -1.36. The molecule has 5 nitrogen and oxygen atoms in total. The minimum absolute atomic E-state index is 0.0779. The second kappa shape index (κ2) is 7.43. The zero-order chi connectivity index (χ0) is 15.3. The summed E-state index contributed by atoms with van der Waals surface area (Å²) in [5, 5.41) is 16.7. The first-order valence-electron chi connectivity index (χ1n) is 7.38. The minimum atomic E-state index is -0.337. The highest BCUT2D eigenvalue weighted by Crippen LogP contribution is 2.17. The van der Waals surface area contributed by atoms with E-state index in [0.717, 1.165) is 12.2 Å². The number of carbonyl (C=O) groups excluding carboxylic acids is 1. The Kier molecular flexibility index (Phi) is 6.20. The third-order valence-electron chi connectivity index (χ3n) is 3.26. The number of nitrogens with one attached hydrogen (secondary N) is 1. The molecule has 0 aliphatic heterocycles. The normalized spacial score (nSPS) is 14.3. The fourth-order valence-corrected chi connectivity index (χ4v) is 2.23. The Morgan fingerprint density at radius 1 is 1.40 bits per heavy atom. The first kappa shape index (κ1) is 16.7. The Labute approximate surface area is 121 Å². The minimum Gasteiger partial charge on any atom is -0.393 e. The number of aliphatic hydroxyl groups excluding tert-OH is 1. The maximum Gasteiger partial charge on any atom is 0.254 e. The van der Waals surface area contributed by atoms with Crippen LogP contribution in [0.25, 0.3) is 0 Å². The standard InChI is InChI=1S/C15H27N3O2/c1-6-18-9-13(14(17-18)10(2)3)15(20)16-8-11(4)7-12(5)19/h9-12,19H,6-8H2,1-5H3,(H,16,20). The fourth-order valence-electron chi connectivity index (χ4n) is 2.23. The summed E-state index contributed by atoms with van der Waals surface area (Å²) in [5.74, 6) is 0.395. The lowest BCUT2D eigenvalue weighted by Crippen LogP contribution is -2.30. The van der Waals surface area contributed by atoms with Crippen molar-refractivity contribution in [3.05, 3.63) is 17.5 Å². The van der Waals surface area contributed by atoms with Crippen molar-refractivity contribution in [2.75, 3.05) is 6.54 Å². The fraction of sp³-hybridized carbons (Fsp3) is 0.733. The van der Waals surface area contributed by atoms with Crippen LogP contribution < -0.4 is 5.32 Å². The molecule has 1 heterocycles. The van der Waals surface area contributed by atoms with Crippen molar-refractivity contribution in [2.45, 2.75) is 59.6 Å². The Balaban J connectivity index is 2.69. The lowest BCUT2D eigenvalue weighted by molar-refractivity contribution is 0.0938. The van der Waals surface area contributed by atoms with Gasteiger partial charge in [0, 0.05) is 19.3 Å². The van der Waals surface area contributed by atoms with E-state index < -0.39 is 0 Å². The van der Waals surface area contributed by atoms with E-state index in [1.54, 1.807) is 11.6 Å². The lowest BCUT2D eigenvalue weighted by Gasteiger charge is -2.14. The second-order valence-electron chi connectivity index (χ2n) is 5.84. The van der Waals surface area contributed by atoms with Gasteiger partial charge in [-0.3, -0.25) is 9.48 Å². The molecule has 0 bridgehead atoms. The van der Waals surface area contributed by atoms with E-state index in [4.69, 9.17) is 0 Å². The summed E-state index contributed by atoms with van der Waals surface area (Å²) in [6.07, 6.45) is 2.16. The molecule has 0 aliphatic rings. The Morgan fingerprint density at radius 2 is 2.05 bits per heavy atom. The third-order valence-corrected chi connectivity index (χ3v) is 3.26. The molecule has 2 unspecified atom stereocenters. The van der Waals surface area contributed by atoms with Crippen molar-refractivity contribution < 1.29 is 9.90 Å². The molecule has 0 saturated carbocycles.